The van der Waals surface area contributed by atoms with Gasteiger partial charge in [0.25, 0.3) is 0 Å². The van der Waals surface area contributed by atoms with Crippen LogP contribution in [0.3, 0.4) is 0 Å². The van der Waals surface area contributed by atoms with Crippen LogP contribution >= 0.6 is 0 Å². The summed E-state index contributed by atoms with van der Waals surface area (Å²) >= 11 is 0. The Morgan fingerprint density at radius 3 is 2.65 bits per heavy atom. The van der Waals surface area contributed by atoms with Crippen molar-refractivity contribution in [1.82, 2.24) is 4.57 Å². The van der Waals surface area contributed by atoms with Crippen molar-refractivity contribution >= 4 is 22.8 Å². The average molecular weight is 431 g/mol. The zero-order chi connectivity index (χ0) is 22.6. The summed E-state index contributed by atoms with van der Waals surface area (Å²) < 4.78 is 13.0. The number of ether oxygens (including phenoxy) is 2. The molecule has 1 aromatic heterocycles. The highest BCUT2D eigenvalue weighted by Gasteiger charge is 2.20. The normalized spacial score (nSPS) is 13.1. The molecule has 2 atom stereocenters. The van der Waals surface area contributed by atoms with Crippen LogP contribution in [0, 0.1) is 11.8 Å². The Morgan fingerprint density at radius 2 is 1.94 bits per heavy atom. The summed E-state index contributed by atoms with van der Waals surface area (Å²) in [4.78, 5) is 22.9. The molecule has 6 heteroatoms. The number of benzene rings is 1. The van der Waals surface area contributed by atoms with Gasteiger partial charge in [-0.2, -0.15) is 0 Å². The lowest BCUT2D eigenvalue weighted by molar-refractivity contribution is -0.143. The van der Waals surface area contributed by atoms with E-state index in [0.717, 1.165) is 36.0 Å². The van der Waals surface area contributed by atoms with Crippen LogP contribution in [0.1, 0.15) is 65.7 Å². The van der Waals surface area contributed by atoms with E-state index in [1.54, 1.807) is 6.92 Å². The van der Waals surface area contributed by atoms with Gasteiger partial charge in [0.05, 0.1) is 13.2 Å². The Balaban J connectivity index is 1.95. The molecule has 0 bridgehead atoms. The lowest BCUT2D eigenvalue weighted by Gasteiger charge is -2.24. The van der Waals surface area contributed by atoms with E-state index < -0.39 is 0 Å². The first-order chi connectivity index (χ1) is 14.9. The lowest BCUT2D eigenvalue weighted by Crippen LogP contribution is -2.24. The van der Waals surface area contributed by atoms with Crippen LogP contribution in [0.25, 0.3) is 10.9 Å². The van der Waals surface area contributed by atoms with Gasteiger partial charge in [0.2, 0.25) is 5.91 Å². The summed E-state index contributed by atoms with van der Waals surface area (Å²) in [6.45, 7) is 7.96. The van der Waals surface area contributed by atoms with E-state index in [9.17, 15) is 9.59 Å². The molecule has 0 saturated carbocycles. The summed E-state index contributed by atoms with van der Waals surface area (Å²) in [5, 5.41) is 1.12. The summed E-state index contributed by atoms with van der Waals surface area (Å²) in [6.07, 6.45) is 8.10. The van der Waals surface area contributed by atoms with Crippen LogP contribution in [0.5, 0.6) is 5.75 Å². The minimum Gasteiger partial charge on any atom is -0.494 e. The molecule has 0 spiro atoms. The Kier molecular flexibility index (Phi) is 10.4. The van der Waals surface area contributed by atoms with Crippen molar-refractivity contribution in [1.29, 1.82) is 0 Å². The fourth-order valence-corrected chi connectivity index (χ4v) is 4.03. The molecule has 1 heterocycles. The number of carbonyl (C=O) groups excluding carboxylic acids is 2. The summed E-state index contributed by atoms with van der Waals surface area (Å²) in [7, 11) is 0. The molecule has 1 aromatic carbocycles. The smallest absolute Gasteiger partial charge is 0.305 e. The van der Waals surface area contributed by atoms with Gasteiger partial charge in [0, 0.05) is 36.5 Å². The molecule has 172 valence electrons. The first-order valence-corrected chi connectivity index (χ1v) is 11.6. The molecule has 2 aromatic rings. The minimum absolute atomic E-state index is 0.183. The zero-order valence-corrected chi connectivity index (χ0v) is 19.3. The molecule has 1 amide bonds. The number of rotatable bonds is 15. The summed E-state index contributed by atoms with van der Waals surface area (Å²) in [6, 6.07) is 8.16. The number of esters is 1. The lowest BCUT2D eigenvalue weighted by atomic mass is 9.86. The van der Waals surface area contributed by atoms with Gasteiger partial charge in [0.15, 0.2) is 0 Å². The fourth-order valence-electron chi connectivity index (χ4n) is 4.03. The number of aromatic nitrogens is 1. The highest BCUT2D eigenvalue weighted by atomic mass is 16.5. The molecular formula is C25H38N2O4. The van der Waals surface area contributed by atoms with E-state index >= 15 is 0 Å². The molecular weight excluding hydrogens is 392 g/mol. The number of primary amides is 1. The van der Waals surface area contributed by atoms with Gasteiger partial charge in [-0.1, -0.05) is 33.1 Å². The fraction of sp³-hybridized carbons (Fsp3) is 0.600. The second-order valence-electron chi connectivity index (χ2n) is 8.35. The molecule has 2 unspecified atom stereocenters. The van der Waals surface area contributed by atoms with Crippen molar-refractivity contribution in [2.24, 2.45) is 17.6 Å². The molecule has 0 aliphatic carbocycles. The quantitative estimate of drug-likeness (QED) is 0.316. The number of hydrogen-bond donors (Lipinski definition) is 1. The van der Waals surface area contributed by atoms with Gasteiger partial charge >= 0.3 is 5.97 Å². The number of nitrogens with zero attached hydrogens (tertiary/aromatic N) is 1. The topological polar surface area (TPSA) is 83.5 Å². The highest BCUT2D eigenvalue weighted by Crippen LogP contribution is 2.27. The van der Waals surface area contributed by atoms with Crippen molar-refractivity contribution in [2.45, 2.75) is 72.3 Å². The number of fused-ring (bicyclic) bond motifs is 1. The molecule has 0 saturated heterocycles. The first kappa shape index (κ1) is 24.8. The van der Waals surface area contributed by atoms with Crippen LogP contribution in [-0.2, 0) is 20.9 Å². The highest BCUT2D eigenvalue weighted by molar-refractivity contribution is 5.81. The predicted molar refractivity (Wildman–Crippen MR) is 124 cm³/mol. The Labute approximate surface area is 186 Å². The van der Waals surface area contributed by atoms with Crippen LogP contribution in [-0.4, -0.2) is 29.7 Å². The molecule has 6 nitrogen and oxygen atoms in total. The third-order valence-corrected chi connectivity index (χ3v) is 5.77. The van der Waals surface area contributed by atoms with Crippen molar-refractivity contribution in [3.8, 4) is 5.75 Å². The van der Waals surface area contributed by atoms with E-state index in [1.807, 2.05) is 12.1 Å². The van der Waals surface area contributed by atoms with Crippen LogP contribution < -0.4 is 10.5 Å². The van der Waals surface area contributed by atoms with E-state index in [1.165, 1.54) is 12.8 Å². The SMILES string of the molecule is CCCCCC(CC(N)=O)C(C)Cn1ccc2cc(OCCCC(=O)OCC)ccc21. The zero-order valence-electron chi connectivity index (χ0n) is 19.3. The second kappa shape index (κ2) is 13.0. The molecule has 31 heavy (non-hydrogen) atoms. The predicted octanol–water partition coefficient (Wildman–Crippen LogP) is 5.07. The maximum absolute atomic E-state index is 11.6. The molecule has 2 N–H and O–H groups in total. The summed E-state index contributed by atoms with van der Waals surface area (Å²) in [5.41, 5.74) is 6.66. The number of unbranched alkanes of at least 4 members (excludes halogenated alkanes) is 2. The Morgan fingerprint density at radius 1 is 1.13 bits per heavy atom. The molecule has 0 fully saturated rings. The van der Waals surface area contributed by atoms with Crippen LogP contribution in [0.15, 0.2) is 30.5 Å². The van der Waals surface area contributed by atoms with Crippen LogP contribution in [0.2, 0.25) is 0 Å². The van der Waals surface area contributed by atoms with E-state index in [-0.39, 0.29) is 11.9 Å². The van der Waals surface area contributed by atoms with E-state index in [2.05, 4.69) is 36.7 Å². The van der Waals surface area contributed by atoms with Gasteiger partial charge < -0.3 is 19.8 Å². The third-order valence-electron chi connectivity index (χ3n) is 5.77. The van der Waals surface area contributed by atoms with Crippen molar-refractivity contribution < 1.29 is 19.1 Å². The molecule has 0 aliphatic heterocycles. The number of carbonyl (C=O) groups is 2. The second-order valence-corrected chi connectivity index (χ2v) is 8.35. The van der Waals surface area contributed by atoms with Gasteiger partial charge in [-0.15, -0.1) is 0 Å². The van der Waals surface area contributed by atoms with Gasteiger partial charge in [-0.25, -0.2) is 0 Å². The maximum Gasteiger partial charge on any atom is 0.305 e. The van der Waals surface area contributed by atoms with Crippen LogP contribution in [0.4, 0.5) is 0 Å². The summed E-state index contributed by atoms with van der Waals surface area (Å²) in [5.74, 6) is 1.07. The van der Waals surface area contributed by atoms with E-state index in [0.29, 0.717) is 44.3 Å². The first-order valence-electron chi connectivity index (χ1n) is 11.6. The van der Waals surface area contributed by atoms with Crippen molar-refractivity contribution in [3.63, 3.8) is 0 Å². The van der Waals surface area contributed by atoms with Gasteiger partial charge in [-0.3, -0.25) is 9.59 Å². The van der Waals surface area contributed by atoms with Gasteiger partial charge in [0.1, 0.15) is 5.75 Å². The van der Waals surface area contributed by atoms with Crippen molar-refractivity contribution in [3.05, 3.63) is 30.5 Å². The average Bonchev–Trinajstić information content (AvgIpc) is 3.12. The molecule has 0 radical (unpaired) electrons. The number of amides is 1. The van der Waals surface area contributed by atoms with E-state index in [4.69, 9.17) is 15.2 Å². The molecule has 2 rings (SSSR count). The Bertz CT molecular complexity index is 830. The Hall–Kier alpha value is -2.50. The van der Waals surface area contributed by atoms with Gasteiger partial charge in [-0.05, 0) is 55.9 Å². The third kappa shape index (κ3) is 8.27. The standard InChI is InChI=1S/C25H38N2O4/c1-4-6-7-9-20(17-24(26)28)19(3)18-27-14-13-21-16-22(11-12-23(21)27)31-15-8-10-25(29)30-5-2/h11-14,16,19-20H,4-10,15,17-18H2,1-3H3,(H2,26,28). The van der Waals surface area contributed by atoms with Crippen molar-refractivity contribution in [2.75, 3.05) is 13.2 Å². The minimum atomic E-state index is -0.213. The molecule has 0 aliphatic rings. The number of nitrogens with two attached hydrogens (primary N) is 1. The monoisotopic (exact) mass is 430 g/mol. The number of hydrogen-bond acceptors (Lipinski definition) is 4. The largest absolute Gasteiger partial charge is 0.494 e. The maximum atomic E-state index is 11.6.